The Morgan fingerprint density at radius 3 is 2.17 bits per heavy atom. The second-order valence-corrected chi connectivity index (χ2v) is 5.65. The van der Waals surface area contributed by atoms with Gasteiger partial charge in [-0.2, -0.15) is 0 Å². The van der Waals surface area contributed by atoms with E-state index in [9.17, 15) is 0 Å². The van der Waals surface area contributed by atoms with Crippen LogP contribution in [0.3, 0.4) is 0 Å². The lowest BCUT2D eigenvalue weighted by Gasteiger charge is -2.19. The molecule has 0 fully saturated rings. The van der Waals surface area contributed by atoms with Crippen molar-refractivity contribution < 1.29 is 14.2 Å². The second kappa shape index (κ2) is 8.32. The maximum Gasteiger partial charge on any atom is 0.142 e. The minimum absolute atomic E-state index is 0.0236. The number of hydrogen-bond acceptors (Lipinski definition) is 4. The number of anilines is 1. The third kappa shape index (κ3) is 5.40. The number of para-hydroxylation sites is 2. The number of hydrogen-bond donors (Lipinski definition) is 1. The fourth-order valence-corrected chi connectivity index (χ4v) is 2.15. The van der Waals surface area contributed by atoms with Crippen LogP contribution in [0.1, 0.15) is 20.8 Å². The van der Waals surface area contributed by atoms with Crippen molar-refractivity contribution in [1.29, 1.82) is 0 Å². The zero-order chi connectivity index (χ0) is 16.7. The van der Waals surface area contributed by atoms with E-state index in [0.717, 1.165) is 22.9 Å². The van der Waals surface area contributed by atoms with Gasteiger partial charge >= 0.3 is 0 Å². The van der Waals surface area contributed by atoms with Gasteiger partial charge in [-0.1, -0.05) is 12.1 Å². The molecule has 23 heavy (non-hydrogen) atoms. The lowest BCUT2D eigenvalue weighted by Crippen LogP contribution is -2.23. The van der Waals surface area contributed by atoms with Crippen molar-refractivity contribution in [3.63, 3.8) is 0 Å². The van der Waals surface area contributed by atoms with E-state index in [-0.39, 0.29) is 12.2 Å². The number of ether oxygens (including phenoxy) is 3. The van der Waals surface area contributed by atoms with Crippen LogP contribution < -0.4 is 19.5 Å². The van der Waals surface area contributed by atoms with Gasteiger partial charge in [0, 0.05) is 0 Å². The monoisotopic (exact) mass is 315 g/mol. The first-order chi connectivity index (χ1) is 11.1. The Morgan fingerprint density at radius 1 is 0.870 bits per heavy atom. The first-order valence-electron chi connectivity index (χ1n) is 7.88. The number of methoxy groups -OCH3 is 1. The summed E-state index contributed by atoms with van der Waals surface area (Å²) in [6.07, 6.45) is 0.168. The van der Waals surface area contributed by atoms with Crippen LogP contribution in [-0.2, 0) is 0 Å². The third-order valence-corrected chi connectivity index (χ3v) is 3.23. The zero-order valence-corrected chi connectivity index (χ0v) is 14.2. The minimum atomic E-state index is 0.0236. The van der Waals surface area contributed by atoms with Crippen molar-refractivity contribution in [2.75, 3.05) is 19.0 Å². The van der Waals surface area contributed by atoms with Gasteiger partial charge in [-0.3, -0.25) is 0 Å². The van der Waals surface area contributed by atoms with E-state index in [2.05, 4.69) is 5.32 Å². The van der Waals surface area contributed by atoms with Gasteiger partial charge in [0.15, 0.2) is 0 Å². The summed E-state index contributed by atoms with van der Waals surface area (Å²) in [6, 6.07) is 15.5. The Labute approximate surface area is 138 Å². The molecule has 0 bridgehead atoms. The number of benzene rings is 2. The fourth-order valence-electron chi connectivity index (χ4n) is 2.15. The molecule has 0 aliphatic heterocycles. The van der Waals surface area contributed by atoms with Crippen LogP contribution in [0.5, 0.6) is 17.2 Å². The van der Waals surface area contributed by atoms with Crippen LogP contribution in [-0.4, -0.2) is 25.9 Å². The summed E-state index contributed by atoms with van der Waals surface area (Å²) in [5.74, 6) is 2.51. The van der Waals surface area contributed by atoms with Crippen molar-refractivity contribution >= 4 is 5.69 Å². The first kappa shape index (κ1) is 17.0. The normalized spacial score (nSPS) is 11.9. The highest BCUT2D eigenvalue weighted by molar-refractivity contribution is 5.56. The highest BCUT2D eigenvalue weighted by Gasteiger charge is 2.08. The minimum Gasteiger partial charge on any atom is -0.497 e. The Kier molecular flexibility index (Phi) is 6.15. The van der Waals surface area contributed by atoms with Crippen LogP contribution in [0, 0.1) is 0 Å². The number of rotatable bonds is 8. The Bertz CT molecular complexity index is 596. The Morgan fingerprint density at radius 2 is 1.52 bits per heavy atom. The second-order valence-electron chi connectivity index (χ2n) is 5.65. The van der Waals surface area contributed by atoms with E-state index >= 15 is 0 Å². The molecule has 0 amide bonds. The van der Waals surface area contributed by atoms with Crippen molar-refractivity contribution in [3.05, 3.63) is 48.5 Å². The largest absolute Gasteiger partial charge is 0.497 e. The van der Waals surface area contributed by atoms with Crippen LogP contribution in [0.15, 0.2) is 48.5 Å². The SMILES string of the molecule is COc1ccc(OC(C)CNc2ccccc2OC(C)C)cc1. The Hall–Kier alpha value is -2.36. The van der Waals surface area contributed by atoms with Crippen molar-refractivity contribution in [3.8, 4) is 17.2 Å². The third-order valence-electron chi connectivity index (χ3n) is 3.23. The summed E-state index contributed by atoms with van der Waals surface area (Å²) in [5, 5.41) is 3.39. The molecule has 124 valence electrons. The summed E-state index contributed by atoms with van der Waals surface area (Å²) >= 11 is 0. The van der Waals surface area contributed by atoms with E-state index in [1.807, 2.05) is 69.3 Å². The van der Waals surface area contributed by atoms with E-state index in [1.54, 1.807) is 7.11 Å². The molecule has 0 aliphatic rings. The molecule has 1 unspecified atom stereocenters. The fraction of sp³-hybridized carbons (Fsp3) is 0.368. The lowest BCUT2D eigenvalue weighted by atomic mass is 10.2. The van der Waals surface area contributed by atoms with Crippen LogP contribution in [0.25, 0.3) is 0 Å². The first-order valence-corrected chi connectivity index (χ1v) is 7.88. The molecular weight excluding hydrogens is 290 g/mol. The molecule has 2 rings (SSSR count). The van der Waals surface area contributed by atoms with Crippen LogP contribution >= 0.6 is 0 Å². The summed E-state index contributed by atoms with van der Waals surface area (Å²) < 4.78 is 16.8. The van der Waals surface area contributed by atoms with Gasteiger partial charge < -0.3 is 19.5 Å². The van der Waals surface area contributed by atoms with Gasteiger partial charge in [-0.05, 0) is 57.2 Å². The van der Waals surface area contributed by atoms with Gasteiger partial charge in [0.25, 0.3) is 0 Å². The molecule has 2 aromatic rings. The van der Waals surface area contributed by atoms with Crippen molar-refractivity contribution in [2.24, 2.45) is 0 Å². The van der Waals surface area contributed by atoms with Gasteiger partial charge in [0.05, 0.1) is 25.4 Å². The molecular formula is C19H25NO3. The average Bonchev–Trinajstić information content (AvgIpc) is 2.54. The molecule has 4 heteroatoms. The van der Waals surface area contributed by atoms with Crippen LogP contribution in [0.2, 0.25) is 0 Å². The van der Waals surface area contributed by atoms with Crippen molar-refractivity contribution in [2.45, 2.75) is 33.0 Å². The Balaban J connectivity index is 1.89. The highest BCUT2D eigenvalue weighted by Crippen LogP contribution is 2.25. The molecule has 0 saturated heterocycles. The standard InChI is InChI=1S/C19H25NO3/c1-14(2)22-19-8-6-5-7-18(19)20-13-15(3)23-17-11-9-16(21-4)10-12-17/h5-12,14-15,20H,13H2,1-4H3. The molecule has 1 N–H and O–H groups in total. The summed E-state index contributed by atoms with van der Waals surface area (Å²) in [5.41, 5.74) is 0.978. The predicted octanol–water partition coefficient (Wildman–Crippen LogP) is 4.36. The van der Waals surface area contributed by atoms with Gasteiger partial charge in [0.1, 0.15) is 23.4 Å². The smallest absolute Gasteiger partial charge is 0.142 e. The molecule has 4 nitrogen and oxygen atoms in total. The van der Waals surface area contributed by atoms with Crippen molar-refractivity contribution in [1.82, 2.24) is 0 Å². The van der Waals surface area contributed by atoms with E-state index < -0.39 is 0 Å². The lowest BCUT2D eigenvalue weighted by molar-refractivity contribution is 0.232. The maximum absolute atomic E-state index is 5.90. The number of nitrogens with one attached hydrogen (secondary N) is 1. The average molecular weight is 315 g/mol. The molecule has 0 spiro atoms. The van der Waals surface area contributed by atoms with E-state index in [0.29, 0.717) is 6.54 Å². The predicted molar refractivity (Wildman–Crippen MR) is 93.8 cm³/mol. The van der Waals surface area contributed by atoms with E-state index in [1.165, 1.54) is 0 Å². The summed E-state index contributed by atoms with van der Waals surface area (Å²) in [4.78, 5) is 0. The highest BCUT2D eigenvalue weighted by atomic mass is 16.5. The maximum atomic E-state index is 5.90. The summed E-state index contributed by atoms with van der Waals surface area (Å²) in [6.45, 7) is 6.76. The summed E-state index contributed by atoms with van der Waals surface area (Å²) in [7, 11) is 1.65. The van der Waals surface area contributed by atoms with Crippen LogP contribution in [0.4, 0.5) is 5.69 Å². The molecule has 2 aromatic carbocycles. The molecule has 0 aromatic heterocycles. The van der Waals surface area contributed by atoms with E-state index in [4.69, 9.17) is 14.2 Å². The molecule has 0 radical (unpaired) electrons. The van der Waals surface area contributed by atoms with Gasteiger partial charge in [-0.25, -0.2) is 0 Å². The molecule has 0 aliphatic carbocycles. The van der Waals surface area contributed by atoms with Gasteiger partial charge in [-0.15, -0.1) is 0 Å². The van der Waals surface area contributed by atoms with Gasteiger partial charge in [0.2, 0.25) is 0 Å². The quantitative estimate of drug-likeness (QED) is 0.785. The zero-order valence-electron chi connectivity index (χ0n) is 14.2. The molecule has 0 heterocycles. The topological polar surface area (TPSA) is 39.7 Å². The molecule has 0 saturated carbocycles. The molecule has 1 atom stereocenters.